The van der Waals surface area contributed by atoms with Gasteiger partial charge in [0.25, 0.3) is 11.5 Å². The van der Waals surface area contributed by atoms with E-state index in [1.54, 1.807) is 27.8 Å². The Morgan fingerprint density at radius 1 is 1.33 bits per heavy atom. The maximum atomic E-state index is 14.4. The number of amides is 1. The van der Waals surface area contributed by atoms with E-state index in [0.29, 0.717) is 35.4 Å². The van der Waals surface area contributed by atoms with Crippen molar-refractivity contribution < 1.29 is 18.3 Å². The van der Waals surface area contributed by atoms with Gasteiger partial charge in [-0.3, -0.25) is 9.36 Å². The number of alkyl halides is 2. The van der Waals surface area contributed by atoms with Gasteiger partial charge in [0.05, 0.1) is 0 Å². The molecule has 30 heavy (non-hydrogen) atoms. The second-order valence-electron chi connectivity index (χ2n) is 9.26. The van der Waals surface area contributed by atoms with Gasteiger partial charge >= 0.3 is 6.09 Å². The Morgan fingerprint density at radius 3 is 2.50 bits per heavy atom. The molecule has 0 aromatic carbocycles. The average molecular weight is 539 g/mol. The van der Waals surface area contributed by atoms with Crippen LogP contribution in [0.3, 0.4) is 0 Å². The van der Waals surface area contributed by atoms with Crippen molar-refractivity contribution in [3.05, 3.63) is 13.9 Å². The number of carbonyl (C=O) groups is 1. The molecule has 1 aromatic heterocycles. The number of carbonyl (C=O) groups excluding carboxylic acids is 1. The summed E-state index contributed by atoms with van der Waals surface area (Å²) in [5.74, 6) is -2.26. The van der Waals surface area contributed by atoms with E-state index in [1.807, 2.05) is 27.5 Å². The molecule has 1 atom stereocenters. The summed E-state index contributed by atoms with van der Waals surface area (Å²) in [5.41, 5.74) is 4.18. The van der Waals surface area contributed by atoms with Crippen LogP contribution >= 0.6 is 22.6 Å². The van der Waals surface area contributed by atoms with Gasteiger partial charge in [-0.2, -0.15) is 4.98 Å². The number of hydrogen-bond acceptors (Lipinski definition) is 6. The molecule has 2 aliphatic rings. The highest BCUT2D eigenvalue weighted by molar-refractivity contribution is 14.1. The van der Waals surface area contributed by atoms with Crippen LogP contribution in [0.1, 0.15) is 46.5 Å². The van der Waals surface area contributed by atoms with Crippen molar-refractivity contribution in [2.24, 2.45) is 12.5 Å². The summed E-state index contributed by atoms with van der Waals surface area (Å²) >= 11 is 1.86. The fourth-order valence-corrected chi connectivity index (χ4v) is 4.90. The third kappa shape index (κ3) is 4.65. The van der Waals surface area contributed by atoms with E-state index in [4.69, 9.17) is 10.5 Å². The molecule has 3 N–H and O–H groups in total. The summed E-state index contributed by atoms with van der Waals surface area (Å²) in [4.78, 5) is 30.8. The Hall–Kier alpha value is -1.66. The van der Waals surface area contributed by atoms with Crippen LogP contribution in [0.2, 0.25) is 0 Å². The molecule has 1 aromatic rings. The number of aromatic nitrogens is 2. The standard InChI is InChI=1S/C19H28F2IN5O3/c1-17(2,3)30-16(29)24-11-9-19(20,21)10-18(11)5-7-27(8-6-18)15-25-13(23)12(22)14(28)26(15)4/h11H,5-10,23H2,1-4H3,(H,24,29)/t11-/m1/s1. The largest absolute Gasteiger partial charge is 0.444 e. The molecule has 0 radical (unpaired) electrons. The summed E-state index contributed by atoms with van der Waals surface area (Å²) in [6, 6.07) is -0.678. The van der Waals surface area contributed by atoms with Crippen LogP contribution in [0, 0.1) is 8.99 Å². The fraction of sp³-hybridized carbons (Fsp3) is 0.737. The Labute approximate surface area is 187 Å². The van der Waals surface area contributed by atoms with E-state index in [-0.39, 0.29) is 17.8 Å². The first kappa shape index (κ1) is 23.0. The molecule has 8 nitrogen and oxygen atoms in total. The van der Waals surface area contributed by atoms with Gasteiger partial charge in [0, 0.05) is 39.0 Å². The Balaban J connectivity index is 1.78. The Kier molecular flexibility index (Phi) is 5.98. The summed E-state index contributed by atoms with van der Waals surface area (Å²) < 4.78 is 35.8. The minimum Gasteiger partial charge on any atom is -0.444 e. The number of hydrogen-bond donors (Lipinski definition) is 2. The third-order valence-corrected chi connectivity index (χ3v) is 6.84. The van der Waals surface area contributed by atoms with Crippen molar-refractivity contribution in [3.8, 4) is 0 Å². The van der Waals surface area contributed by atoms with Gasteiger partial charge in [0.1, 0.15) is 15.0 Å². The van der Waals surface area contributed by atoms with Crippen molar-refractivity contribution in [3.63, 3.8) is 0 Å². The highest BCUT2D eigenvalue weighted by Crippen LogP contribution is 2.53. The lowest BCUT2D eigenvalue weighted by Gasteiger charge is -2.43. The molecule has 2 heterocycles. The van der Waals surface area contributed by atoms with Gasteiger partial charge in [-0.25, -0.2) is 13.6 Å². The highest BCUT2D eigenvalue weighted by atomic mass is 127. The number of nitrogens with two attached hydrogens (primary N) is 1. The molecule has 1 saturated carbocycles. The molecule has 1 amide bonds. The van der Waals surface area contributed by atoms with Crippen LogP contribution in [0.5, 0.6) is 0 Å². The molecule has 168 valence electrons. The molecule has 1 aliphatic carbocycles. The first-order valence-corrected chi connectivity index (χ1v) is 11.0. The lowest BCUT2D eigenvalue weighted by Crippen LogP contribution is -2.51. The number of halogens is 3. The summed E-state index contributed by atoms with van der Waals surface area (Å²) in [6.45, 7) is 6.06. The smallest absolute Gasteiger partial charge is 0.407 e. The van der Waals surface area contributed by atoms with E-state index >= 15 is 0 Å². The zero-order valence-electron chi connectivity index (χ0n) is 17.6. The monoisotopic (exact) mass is 539 g/mol. The van der Waals surface area contributed by atoms with Gasteiger partial charge in [0.15, 0.2) is 0 Å². The fourth-order valence-electron chi connectivity index (χ4n) is 4.42. The maximum absolute atomic E-state index is 14.4. The van der Waals surface area contributed by atoms with Crippen LogP contribution < -0.4 is 21.5 Å². The number of nitrogens with one attached hydrogen (secondary N) is 1. The highest BCUT2D eigenvalue weighted by Gasteiger charge is 2.57. The molecular formula is C19H28F2IN5O3. The third-order valence-electron chi connectivity index (χ3n) is 5.82. The Bertz CT molecular complexity index is 891. The zero-order valence-corrected chi connectivity index (χ0v) is 19.8. The van der Waals surface area contributed by atoms with Crippen molar-refractivity contribution in [2.75, 3.05) is 23.7 Å². The van der Waals surface area contributed by atoms with Crippen LogP contribution in [0.25, 0.3) is 0 Å². The molecule has 1 spiro atoms. The van der Waals surface area contributed by atoms with E-state index in [0.717, 1.165) is 0 Å². The summed E-state index contributed by atoms with van der Waals surface area (Å²) in [7, 11) is 1.62. The minimum absolute atomic E-state index is 0.158. The van der Waals surface area contributed by atoms with Gasteiger partial charge in [-0.1, -0.05) is 0 Å². The zero-order chi connectivity index (χ0) is 22.5. The lowest BCUT2D eigenvalue weighted by molar-refractivity contribution is -0.00687. The second-order valence-corrected chi connectivity index (χ2v) is 10.3. The number of ether oxygens (including phenoxy) is 1. The summed E-state index contributed by atoms with van der Waals surface area (Å²) in [5, 5.41) is 2.69. The number of anilines is 2. The lowest BCUT2D eigenvalue weighted by atomic mass is 9.74. The van der Waals surface area contributed by atoms with Gasteiger partial charge < -0.3 is 20.7 Å². The second kappa shape index (κ2) is 7.79. The van der Waals surface area contributed by atoms with E-state index in [1.165, 1.54) is 4.57 Å². The molecule has 11 heteroatoms. The van der Waals surface area contributed by atoms with Crippen LogP contribution in [0.15, 0.2) is 4.79 Å². The van der Waals surface area contributed by atoms with E-state index in [9.17, 15) is 18.4 Å². The molecule has 1 aliphatic heterocycles. The van der Waals surface area contributed by atoms with Gasteiger partial charge in [-0.15, -0.1) is 0 Å². The minimum atomic E-state index is -2.85. The molecule has 1 saturated heterocycles. The number of alkyl carbamates (subject to hydrolysis) is 1. The van der Waals surface area contributed by atoms with Gasteiger partial charge in [0.2, 0.25) is 5.95 Å². The molecular weight excluding hydrogens is 511 g/mol. The Morgan fingerprint density at radius 2 is 1.93 bits per heavy atom. The molecule has 0 bridgehead atoms. The molecule has 3 rings (SSSR count). The van der Waals surface area contributed by atoms with Crippen LogP contribution in [-0.4, -0.2) is 46.3 Å². The maximum Gasteiger partial charge on any atom is 0.407 e. The number of nitrogen functional groups attached to an aromatic ring is 1. The normalized spacial score (nSPS) is 22.9. The van der Waals surface area contributed by atoms with E-state index in [2.05, 4.69) is 10.3 Å². The van der Waals surface area contributed by atoms with Gasteiger partial charge in [-0.05, 0) is 61.6 Å². The predicted molar refractivity (Wildman–Crippen MR) is 118 cm³/mol. The number of nitrogens with zero attached hydrogens (tertiary/aromatic N) is 3. The predicted octanol–water partition coefficient (Wildman–Crippen LogP) is 2.88. The quantitative estimate of drug-likeness (QED) is 0.561. The van der Waals surface area contributed by atoms with Crippen LogP contribution in [-0.2, 0) is 11.8 Å². The first-order valence-electron chi connectivity index (χ1n) is 9.87. The average Bonchev–Trinajstić information content (AvgIpc) is 2.85. The van der Waals surface area contributed by atoms with Crippen molar-refractivity contribution >= 4 is 40.5 Å². The van der Waals surface area contributed by atoms with Crippen molar-refractivity contribution in [1.29, 1.82) is 0 Å². The van der Waals surface area contributed by atoms with Crippen LogP contribution in [0.4, 0.5) is 25.3 Å². The first-order chi connectivity index (χ1) is 13.7. The topological polar surface area (TPSA) is 102 Å². The van der Waals surface area contributed by atoms with Crippen molar-refractivity contribution in [2.45, 2.75) is 64.0 Å². The SMILES string of the molecule is Cn1c(N2CCC3(CC2)CC(F)(F)C[C@H]3NC(=O)OC(C)(C)C)nc(N)c(I)c1=O. The molecule has 2 fully saturated rings. The molecule has 0 unspecified atom stereocenters. The van der Waals surface area contributed by atoms with Crippen molar-refractivity contribution in [1.82, 2.24) is 14.9 Å². The summed E-state index contributed by atoms with van der Waals surface area (Å²) in [6.07, 6.45) is -0.494. The number of piperidine rings is 1. The number of rotatable bonds is 2. The van der Waals surface area contributed by atoms with E-state index < -0.39 is 35.5 Å².